The molecule has 0 saturated heterocycles. The third kappa shape index (κ3) is 2.40. The third-order valence-corrected chi connectivity index (χ3v) is 0.401. The van der Waals surface area contributed by atoms with Crippen molar-refractivity contribution in [1.82, 2.24) is 0 Å². The third-order valence-electron chi connectivity index (χ3n) is 0.0445. The molecule has 0 aliphatic rings. The minimum absolute atomic E-state index is 0.551. The van der Waals surface area contributed by atoms with Crippen LogP contribution < -0.4 is 0 Å². The van der Waals surface area contributed by atoms with Gasteiger partial charge in [0.15, 0.2) is 0 Å². The Morgan fingerprint density at radius 2 is 2.25 bits per heavy atom. The number of halogens is 1. The molecule has 1 nitrogen and oxygen atoms in total. The molecule has 0 rings (SSSR count). The summed E-state index contributed by atoms with van der Waals surface area (Å²) < 4.78 is 1.53. The molecule has 0 aromatic rings. The van der Waals surface area contributed by atoms with E-state index in [1.165, 1.54) is 4.75 Å². The first-order valence-corrected chi connectivity index (χ1v) is 3.03. The van der Waals surface area contributed by atoms with Gasteiger partial charge in [-0.1, -0.05) is 0 Å². The fourth-order valence-corrected chi connectivity index (χ4v) is 0. The standard InChI is InChI=1S/CO.Al.ClH/c1-2;;/h;;1H/q;+1;/p-1. The Bertz CT molecular complexity index is 46.0. The summed E-state index contributed by atoms with van der Waals surface area (Å²) in [5.74, 6) is 0. The van der Waals surface area contributed by atoms with Crippen molar-refractivity contribution in [2.75, 3.05) is 0 Å². The van der Waals surface area contributed by atoms with Gasteiger partial charge in [-0.3, -0.25) is 0 Å². The van der Waals surface area contributed by atoms with Crippen LogP contribution in [0.4, 0.5) is 0 Å². The molecule has 0 atom stereocenters. The monoisotopic (exact) mass is 89.9 g/mol. The van der Waals surface area contributed by atoms with Gasteiger partial charge < -0.3 is 0 Å². The van der Waals surface area contributed by atoms with Gasteiger partial charge in [0.25, 0.3) is 0 Å². The average Bonchev–Trinajstić information content (AvgIpc) is 1.37. The topological polar surface area (TPSA) is 17.1 Å². The van der Waals surface area contributed by atoms with Gasteiger partial charge in [0.1, 0.15) is 0 Å². The van der Waals surface area contributed by atoms with Crippen LogP contribution in [0.15, 0.2) is 0 Å². The van der Waals surface area contributed by atoms with Crippen molar-refractivity contribution in [3.63, 3.8) is 0 Å². The molecule has 3 heteroatoms. The molecule has 0 saturated carbocycles. The van der Waals surface area contributed by atoms with Gasteiger partial charge in [-0.25, -0.2) is 0 Å². The molecule has 0 unspecified atom stereocenters. The Morgan fingerprint density at radius 1 is 2.00 bits per heavy atom. The van der Waals surface area contributed by atoms with E-state index in [0.29, 0.717) is 0 Å². The fraction of sp³-hybridized carbons (Fsp3) is 0. The predicted octanol–water partition coefficient (Wildman–Crippen LogP) is -0.0884. The van der Waals surface area contributed by atoms with Gasteiger partial charge in [-0.15, -0.1) is 0 Å². The minimum atomic E-state index is -0.551. The zero-order valence-corrected chi connectivity index (χ0v) is 3.77. The molecule has 20 valence electrons. The molecule has 0 aromatic carbocycles. The Kier molecular flexibility index (Phi) is 3.74. The second-order valence-corrected chi connectivity index (χ2v) is 1.34. The number of hydrogen-bond donors (Lipinski definition) is 0. The van der Waals surface area contributed by atoms with E-state index in [4.69, 9.17) is 14.8 Å². The van der Waals surface area contributed by atoms with Gasteiger partial charge >= 0.3 is 33.5 Å². The van der Waals surface area contributed by atoms with E-state index in [9.17, 15) is 0 Å². The number of carbonyl (C=O) groups excluding carboxylic acids is 1. The van der Waals surface area contributed by atoms with E-state index in [1.807, 2.05) is 0 Å². The van der Waals surface area contributed by atoms with Crippen molar-refractivity contribution < 1.29 is 4.79 Å². The van der Waals surface area contributed by atoms with Crippen LogP contribution in [0.3, 0.4) is 0 Å². The van der Waals surface area contributed by atoms with Crippen LogP contribution in [0, 0.1) is 0 Å². The van der Waals surface area contributed by atoms with E-state index in [1.54, 1.807) is 0 Å². The summed E-state index contributed by atoms with van der Waals surface area (Å²) in [6, 6.07) is 0. The van der Waals surface area contributed by atoms with Gasteiger partial charge in [0.2, 0.25) is 0 Å². The molecular weight excluding hydrogens is 90.4 g/mol. The SMILES string of the molecule is O=[C]=[Al][Cl]. The number of hydrogen-bond acceptors (Lipinski definition) is 1. The van der Waals surface area contributed by atoms with Crippen molar-refractivity contribution in [2.24, 2.45) is 0 Å². The average molecular weight is 90.4 g/mol. The predicted molar refractivity (Wildman–Crippen MR) is 17.3 cm³/mol. The van der Waals surface area contributed by atoms with Crippen molar-refractivity contribution in [1.29, 1.82) is 0 Å². The van der Waals surface area contributed by atoms with E-state index in [2.05, 4.69) is 0 Å². The second-order valence-electron chi connectivity index (χ2n) is 0.227. The molecule has 0 aromatic heterocycles. The van der Waals surface area contributed by atoms with Crippen LogP contribution in [-0.4, -0.2) is 18.6 Å². The summed E-state index contributed by atoms with van der Waals surface area (Å²) in [4.78, 5) is 8.95. The number of rotatable bonds is 0. The fourth-order valence-electron chi connectivity index (χ4n) is 0. The summed E-state index contributed by atoms with van der Waals surface area (Å²) in [5.41, 5.74) is 0. The van der Waals surface area contributed by atoms with Crippen molar-refractivity contribution in [3.05, 3.63) is 0 Å². The zero-order valence-electron chi connectivity index (χ0n) is 1.86. The van der Waals surface area contributed by atoms with Crippen LogP contribution >= 0.6 is 10.0 Å². The van der Waals surface area contributed by atoms with Gasteiger partial charge in [0.05, 0.1) is 0 Å². The van der Waals surface area contributed by atoms with Crippen molar-refractivity contribution in [2.45, 2.75) is 0 Å². The molecule has 0 heterocycles. The van der Waals surface area contributed by atoms with Crippen LogP contribution in [0.25, 0.3) is 0 Å². The molecule has 0 spiro atoms. The van der Waals surface area contributed by atoms with Crippen LogP contribution in [0.2, 0.25) is 0 Å². The van der Waals surface area contributed by atoms with E-state index in [-0.39, 0.29) is 0 Å². The molecular formula is CAlClO. The van der Waals surface area contributed by atoms with Crippen molar-refractivity contribution >= 4 is 28.7 Å². The molecule has 0 radical (unpaired) electrons. The first kappa shape index (κ1) is 4.40. The summed E-state index contributed by atoms with van der Waals surface area (Å²) in [6.07, 6.45) is 0. The Morgan fingerprint density at radius 3 is 2.25 bits per heavy atom. The molecule has 0 aliphatic heterocycles. The van der Waals surface area contributed by atoms with Gasteiger partial charge in [0, 0.05) is 0 Å². The van der Waals surface area contributed by atoms with E-state index >= 15 is 0 Å². The summed E-state index contributed by atoms with van der Waals surface area (Å²) in [6.45, 7) is 0. The second kappa shape index (κ2) is 3.40. The molecule has 0 fully saturated rings. The van der Waals surface area contributed by atoms with Crippen LogP contribution in [0.1, 0.15) is 0 Å². The first-order chi connectivity index (χ1) is 1.91. The van der Waals surface area contributed by atoms with Crippen molar-refractivity contribution in [3.8, 4) is 0 Å². The maximum atomic E-state index is 8.95. The molecule has 0 N–H and O–H groups in total. The summed E-state index contributed by atoms with van der Waals surface area (Å²) in [7, 11) is 4.85. The molecule has 4 heavy (non-hydrogen) atoms. The van der Waals surface area contributed by atoms with Crippen LogP contribution in [-0.2, 0) is 4.79 Å². The normalized spacial score (nSPS) is 3.25. The molecule has 0 amide bonds. The Balaban J connectivity index is 3.11. The summed E-state index contributed by atoms with van der Waals surface area (Å²) >= 11 is -0.551. The zero-order chi connectivity index (χ0) is 3.41. The van der Waals surface area contributed by atoms with Gasteiger partial charge in [-0.05, 0) is 0 Å². The first-order valence-electron chi connectivity index (χ1n) is 0.711. The molecule has 0 aliphatic carbocycles. The van der Waals surface area contributed by atoms with Gasteiger partial charge in [-0.2, -0.15) is 0 Å². The van der Waals surface area contributed by atoms with E-state index < -0.39 is 13.9 Å². The molecule has 0 bridgehead atoms. The van der Waals surface area contributed by atoms with E-state index in [0.717, 1.165) is 0 Å². The summed E-state index contributed by atoms with van der Waals surface area (Å²) in [5, 5.41) is 0. The Hall–Kier alpha value is 0.402. The maximum absolute atomic E-state index is 8.95. The quantitative estimate of drug-likeness (QED) is 0.380. The Labute approximate surface area is 34.0 Å². The van der Waals surface area contributed by atoms with Crippen LogP contribution in [0.5, 0.6) is 0 Å².